The average molecular weight is 424 g/mol. The number of carbonyl (C=O) groups excluding carboxylic acids is 2. The molecule has 1 aliphatic rings. The molecular formula is C23H22FN3O2S. The maximum atomic E-state index is 13.9. The van der Waals surface area contributed by atoms with Crippen molar-refractivity contribution in [1.82, 2.24) is 9.88 Å². The van der Waals surface area contributed by atoms with E-state index in [1.807, 2.05) is 19.1 Å². The number of rotatable bonds is 3. The predicted molar refractivity (Wildman–Crippen MR) is 116 cm³/mol. The van der Waals surface area contributed by atoms with Crippen LogP contribution in [0.5, 0.6) is 0 Å². The Labute approximate surface area is 178 Å². The molecule has 1 aliphatic heterocycles. The summed E-state index contributed by atoms with van der Waals surface area (Å²) in [5.74, 6) is -1.46. The zero-order valence-electron chi connectivity index (χ0n) is 16.8. The number of halogens is 1. The van der Waals surface area contributed by atoms with E-state index in [-0.39, 0.29) is 22.9 Å². The van der Waals surface area contributed by atoms with Crippen LogP contribution in [-0.4, -0.2) is 34.3 Å². The summed E-state index contributed by atoms with van der Waals surface area (Å²) in [4.78, 5) is 31.2. The van der Waals surface area contributed by atoms with Crippen molar-refractivity contribution in [3.05, 3.63) is 70.9 Å². The second-order valence-electron chi connectivity index (χ2n) is 7.57. The molecule has 2 amide bonds. The molecule has 2 unspecified atom stereocenters. The second-order valence-corrected chi connectivity index (χ2v) is 8.43. The number of carbonyl (C=O) groups is 2. The van der Waals surface area contributed by atoms with E-state index in [1.165, 1.54) is 17.2 Å². The van der Waals surface area contributed by atoms with Gasteiger partial charge in [0.05, 0.1) is 5.69 Å². The van der Waals surface area contributed by atoms with Gasteiger partial charge in [-0.05, 0) is 43.5 Å². The number of thiazole rings is 1. The average Bonchev–Trinajstić information content (AvgIpc) is 3.34. The van der Waals surface area contributed by atoms with Gasteiger partial charge >= 0.3 is 11.8 Å². The largest absolute Gasteiger partial charge is 0.331 e. The van der Waals surface area contributed by atoms with Gasteiger partial charge in [0.1, 0.15) is 5.82 Å². The maximum Gasteiger partial charge on any atom is 0.315 e. The van der Waals surface area contributed by atoms with Crippen LogP contribution in [0, 0.1) is 12.7 Å². The van der Waals surface area contributed by atoms with Crippen LogP contribution < -0.4 is 5.32 Å². The van der Waals surface area contributed by atoms with Crippen LogP contribution in [-0.2, 0) is 9.59 Å². The molecule has 2 aromatic carbocycles. The highest BCUT2D eigenvalue weighted by Gasteiger charge is 2.36. The Hall–Kier alpha value is -3.06. The number of aromatic nitrogens is 1. The minimum absolute atomic E-state index is 0.0295. The summed E-state index contributed by atoms with van der Waals surface area (Å²) in [5, 5.41) is 4.50. The van der Waals surface area contributed by atoms with Crippen molar-refractivity contribution >= 4 is 28.3 Å². The fraction of sp³-hybridized carbons (Fsp3) is 0.261. The molecule has 0 spiro atoms. The van der Waals surface area contributed by atoms with Gasteiger partial charge in [-0.1, -0.05) is 36.4 Å². The Bertz CT molecular complexity index is 1100. The van der Waals surface area contributed by atoms with Crippen LogP contribution in [0.15, 0.2) is 53.9 Å². The van der Waals surface area contributed by atoms with E-state index in [9.17, 15) is 14.0 Å². The first-order valence-corrected chi connectivity index (χ1v) is 10.7. The van der Waals surface area contributed by atoms with Crippen molar-refractivity contribution in [3.63, 3.8) is 0 Å². The zero-order valence-corrected chi connectivity index (χ0v) is 17.6. The van der Waals surface area contributed by atoms with Gasteiger partial charge in [-0.2, -0.15) is 0 Å². The van der Waals surface area contributed by atoms with Gasteiger partial charge in [-0.3, -0.25) is 14.9 Å². The van der Waals surface area contributed by atoms with E-state index < -0.39 is 11.8 Å². The van der Waals surface area contributed by atoms with E-state index >= 15 is 0 Å². The molecule has 1 fully saturated rings. The fourth-order valence-corrected chi connectivity index (χ4v) is 4.69. The highest BCUT2D eigenvalue weighted by Crippen LogP contribution is 2.33. The highest BCUT2D eigenvalue weighted by atomic mass is 32.1. The maximum absolute atomic E-state index is 13.9. The van der Waals surface area contributed by atoms with Crippen LogP contribution >= 0.6 is 11.3 Å². The van der Waals surface area contributed by atoms with E-state index in [4.69, 9.17) is 0 Å². The minimum atomic E-state index is -0.721. The highest BCUT2D eigenvalue weighted by molar-refractivity contribution is 7.14. The summed E-state index contributed by atoms with van der Waals surface area (Å²) in [5.41, 5.74) is 3.19. The van der Waals surface area contributed by atoms with Crippen LogP contribution in [0.4, 0.5) is 9.52 Å². The summed E-state index contributed by atoms with van der Waals surface area (Å²) in [6.45, 7) is 4.53. The molecule has 1 saturated heterocycles. The predicted octanol–water partition coefficient (Wildman–Crippen LogP) is 4.60. The van der Waals surface area contributed by atoms with Gasteiger partial charge in [-0.15, -0.1) is 11.3 Å². The number of hydrogen-bond donors (Lipinski definition) is 1. The van der Waals surface area contributed by atoms with Crippen LogP contribution in [0.2, 0.25) is 0 Å². The molecule has 7 heteroatoms. The third-order valence-corrected chi connectivity index (χ3v) is 6.29. The van der Waals surface area contributed by atoms with Crippen molar-refractivity contribution in [2.45, 2.75) is 32.2 Å². The summed E-state index contributed by atoms with van der Waals surface area (Å²) >= 11 is 1.16. The molecule has 30 heavy (non-hydrogen) atoms. The lowest BCUT2D eigenvalue weighted by atomic mass is 9.93. The summed E-state index contributed by atoms with van der Waals surface area (Å²) in [7, 11) is 0. The summed E-state index contributed by atoms with van der Waals surface area (Å²) in [6.07, 6.45) is 0.818. The van der Waals surface area contributed by atoms with Gasteiger partial charge in [0, 0.05) is 29.4 Å². The lowest BCUT2D eigenvalue weighted by molar-refractivity contribution is -0.143. The molecule has 1 N–H and O–H groups in total. The minimum Gasteiger partial charge on any atom is -0.331 e. The topological polar surface area (TPSA) is 62.3 Å². The third kappa shape index (κ3) is 3.98. The van der Waals surface area contributed by atoms with Crippen molar-refractivity contribution < 1.29 is 14.0 Å². The first-order chi connectivity index (χ1) is 14.4. The van der Waals surface area contributed by atoms with Crippen molar-refractivity contribution in [2.24, 2.45) is 0 Å². The molecular weight excluding hydrogens is 401 g/mol. The van der Waals surface area contributed by atoms with E-state index in [1.54, 1.807) is 28.5 Å². The summed E-state index contributed by atoms with van der Waals surface area (Å²) < 4.78 is 13.9. The van der Waals surface area contributed by atoms with Crippen LogP contribution in [0.25, 0.3) is 11.3 Å². The molecule has 0 radical (unpaired) electrons. The smallest absolute Gasteiger partial charge is 0.315 e. The molecule has 0 aliphatic carbocycles. The lowest BCUT2D eigenvalue weighted by Gasteiger charge is -2.20. The molecule has 0 saturated carbocycles. The molecule has 4 rings (SSSR count). The SMILES string of the molecule is Cc1ccccc1C1CC(C)N(C(=O)C(=O)Nc2nc(-c3ccccc3F)cs2)C1. The number of anilines is 1. The van der Waals surface area contributed by atoms with Crippen molar-refractivity contribution in [3.8, 4) is 11.3 Å². The Morgan fingerprint density at radius 3 is 2.67 bits per heavy atom. The number of benzene rings is 2. The quantitative estimate of drug-likeness (QED) is 0.626. The van der Waals surface area contributed by atoms with Gasteiger partial charge < -0.3 is 4.90 Å². The number of hydrogen-bond acceptors (Lipinski definition) is 4. The van der Waals surface area contributed by atoms with E-state index in [0.29, 0.717) is 17.8 Å². The second kappa shape index (κ2) is 8.36. The third-order valence-electron chi connectivity index (χ3n) is 5.53. The summed E-state index contributed by atoms with van der Waals surface area (Å²) in [6, 6.07) is 14.4. The first kappa shape index (κ1) is 20.2. The Balaban J connectivity index is 1.44. The number of nitrogens with zero attached hydrogens (tertiary/aromatic N) is 2. The van der Waals surface area contributed by atoms with Gasteiger partial charge in [0.2, 0.25) is 0 Å². The molecule has 3 aromatic rings. The Kier molecular flexibility index (Phi) is 5.63. The van der Waals surface area contributed by atoms with Gasteiger partial charge in [0.25, 0.3) is 0 Å². The standard InChI is InChI=1S/C23H22FN3O2S/c1-14-7-3-4-8-17(14)16-11-15(2)27(12-16)22(29)21(28)26-23-25-20(13-30-23)18-9-5-6-10-19(18)24/h3-10,13,15-16H,11-12H2,1-2H3,(H,25,26,28). The van der Waals surface area contributed by atoms with Crippen molar-refractivity contribution in [1.29, 1.82) is 0 Å². The zero-order chi connectivity index (χ0) is 21.3. The fourth-order valence-electron chi connectivity index (χ4n) is 3.99. The molecule has 0 bridgehead atoms. The molecule has 154 valence electrons. The van der Waals surface area contributed by atoms with Gasteiger partial charge in [0.15, 0.2) is 5.13 Å². The monoisotopic (exact) mass is 423 g/mol. The Morgan fingerprint density at radius 2 is 1.90 bits per heavy atom. The van der Waals surface area contributed by atoms with E-state index in [2.05, 4.69) is 29.4 Å². The van der Waals surface area contributed by atoms with Crippen molar-refractivity contribution in [2.75, 3.05) is 11.9 Å². The number of nitrogens with one attached hydrogen (secondary N) is 1. The lowest BCUT2D eigenvalue weighted by Crippen LogP contribution is -2.41. The number of amides is 2. The van der Waals surface area contributed by atoms with Crippen LogP contribution in [0.1, 0.15) is 30.4 Å². The molecule has 1 aromatic heterocycles. The number of aryl methyl sites for hydroxylation is 1. The molecule has 2 heterocycles. The van der Waals surface area contributed by atoms with Crippen LogP contribution in [0.3, 0.4) is 0 Å². The normalized spacial score (nSPS) is 18.4. The van der Waals surface area contributed by atoms with E-state index in [0.717, 1.165) is 17.8 Å². The first-order valence-electron chi connectivity index (χ1n) is 9.82. The Morgan fingerprint density at radius 1 is 1.17 bits per heavy atom. The molecule has 5 nitrogen and oxygen atoms in total. The number of likely N-dealkylation sites (tertiary alicyclic amines) is 1. The molecule has 2 atom stereocenters. The van der Waals surface area contributed by atoms with Gasteiger partial charge in [-0.25, -0.2) is 9.37 Å².